The van der Waals surface area contributed by atoms with Crippen molar-refractivity contribution in [1.82, 2.24) is 4.57 Å². The zero-order valence-electron chi connectivity index (χ0n) is 12.6. The summed E-state index contributed by atoms with van der Waals surface area (Å²) >= 11 is 9.57. The summed E-state index contributed by atoms with van der Waals surface area (Å²) in [7, 11) is 0. The average molecular weight is 395 g/mol. The third-order valence-electron chi connectivity index (χ3n) is 3.81. The summed E-state index contributed by atoms with van der Waals surface area (Å²) in [6.07, 6.45) is 1.69. The van der Waals surface area contributed by atoms with Crippen LogP contribution in [-0.2, 0) is 0 Å². The maximum Gasteiger partial charge on any atom is 0.263 e. The van der Waals surface area contributed by atoms with Crippen LogP contribution in [0.4, 0.5) is 4.39 Å². The van der Waals surface area contributed by atoms with Gasteiger partial charge in [0.25, 0.3) is 5.56 Å². The molecule has 118 valence electrons. The number of fused-ring (bicyclic) bond motifs is 1. The molecular weight excluding hydrogens is 381 g/mol. The van der Waals surface area contributed by atoms with Crippen molar-refractivity contribution in [2.24, 2.45) is 0 Å². The minimum absolute atomic E-state index is 0.0888. The minimum Gasteiger partial charge on any atom is -0.279 e. The van der Waals surface area contributed by atoms with E-state index in [1.165, 1.54) is 16.7 Å². The van der Waals surface area contributed by atoms with Gasteiger partial charge in [0.15, 0.2) is 0 Å². The van der Waals surface area contributed by atoms with Gasteiger partial charge in [0.05, 0.1) is 5.02 Å². The summed E-state index contributed by atoms with van der Waals surface area (Å²) in [6.45, 7) is 4.07. The topological polar surface area (TPSA) is 22.0 Å². The molecule has 3 aromatic rings. The van der Waals surface area contributed by atoms with E-state index in [0.717, 1.165) is 15.4 Å². The van der Waals surface area contributed by atoms with Gasteiger partial charge in [-0.3, -0.25) is 9.36 Å². The van der Waals surface area contributed by atoms with Crippen LogP contribution in [0.3, 0.4) is 0 Å². The van der Waals surface area contributed by atoms with Gasteiger partial charge in [-0.25, -0.2) is 4.39 Å². The predicted octanol–water partition coefficient (Wildman–Crippen LogP) is 5.67. The van der Waals surface area contributed by atoms with Gasteiger partial charge in [-0.1, -0.05) is 47.4 Å². The Labute approximate surface area is 146 Å². The molecule has 5 heteroatoms. The summed E-state index contributed by atoms with van der Waals surface area (Å²) in [5.74, 6) is -0.352. The fourth-order valence-electron chi connectivity index (χ4n) is 2.68. The monoisotopic (exact) mass is 393 g/mol. The van der Waals surface area contributed by atoms with E-state index in [0.29, 0.717) is 5.39 Å². The molecule has 0 atom stereocenters. The number of hydrogen-bond donors (Lipinski definition) is 0. The molecule has 3 rings (SSSR count). The normalized spacial score (nSPS) is 11.4. The van der Waals surface area contributed by atoms with Crippen molar-refractivity contribution in [3.63, 3.8) is 0 Å². The van der Waals surface area contributed by atoms with E-state index in [2.05, 4.69) is 15.9 Å². The summed E-state index contributed by atoms with van der Waals surface area (Å²) in [5, 5.41) is 1.61. The van der Waals surface area contributed by atoms with Crippen LogP contribution in [0.15, 0.2) is 51.9 Å². The third-order valence-corrected chi connectivity index (χ3v) is 4.61. The van der Waals surface area contributed by atoms with Crippen LogP contribution in [0.25, 0.3) is 16.5 Å². The van der Waals surface area contributed by atoms with E-state index in [1.54, 1.807) is 24.4 Å². The van der Waals surface area contributed by atoms with E-state index in [1.807, 2.05) is 19.9 Å². The Kier molecular flexibility index (Phi) is 4.30. The fourth-order valence-corrected chi connectivity index (χ4v) is 3.30. The maximum absolute atomic E-state index is 14.3. The highest BCUT2D eigenvalue weighted by Gasteiger charge is 2.16. The first-order valence-corrected chi connectivity index (χ1v) is 8.36. The van der Waals surface area contributed by atoms with Gasteiger partial charge in [0, 0.05) is 16.1 Å². The summed E-state index contributed by atoms with van der Waals surface area (Å²) < 4.78 is 16.5. The van der Waals surface area contributed by atoms with Gasteiger partial charge in [0.1, 0.15) is 11.5 Å². The molecule has 0 aliphatic carbocycles. The molecule has 0 N–H and O–H groups in total. The molecule has 0 spiro atoms. The zero-order chi connectivity index (χ0) is 16.7. The Morgan fingerprint density at radius 1 is 1.17 bits per heavy atom. The second-order valence-corrected chi connectivity index (χ2v) is 7.00. The molecule has 23 heavy (non-hydrogen) atoms. The Bertz CT molecular complexity index is 945. The number of nitrogens with zero attached hydrogens (tertiary/aromatic N) is 1. The van der Waals surface area contributed by atoms with Crippen LogP contribution < -0.4 is 5.56 Å². The lowest BCUT2D eigenvalue weighted by Gasteiger charge is -2.16. The van der Waals surface area contributed by atoms with Crippen LogP contribution in [0.5, 0.6) is 0 Å². The number of pyridine rings is 1. The lowest BCUT2D eigenvalue weighted by atomic mass is 9.98. The van der Waals surface area contributed by atoms with Crippen LogP contribution in [0.2, 0.25) is 5.02 Å². The van der Waals surface area contributed by atoms with Crippen molar-refractivity contribution in [3.05, 3.63) is 73.8 Å². The number of benzene rings is 2. The summed E-state index contributed by atoms with van der Waals surface area (Å²) in [4.78, 5) is 12.8. The molecule has 0 unspecified atom stereocenters. The minimum atomic E-state index is -0.522. The molecule has 0 aliphatic rings. The highest BCUT2D eigenvalue weighted by molar-refractivity contribution is 9.10. The van der Waals surface area contributed by atoms with Crippen molar-refractivity contribution in [3.8, 4) is 5.69 Å². The van der Waals surface area contributed by atoms with Crippen LogP contribution in [0, 0.1) is 5.82 Å². The second kappa shape index (κ2) is 6.10. The van der Waals surface area contributed by atoms with Gasteiger partial charge in [-0.15, -0.1) is 0 Å². The van der Waals surface area contributed by atoms with E-state index in [-0.39, 0.29) is 22.2 Å². The summed E-state index contributed by atoms with van der Waals surface area (Å²) in [5.41, 5.74) is 0.759. The largest absolute Gasteiger partial charge is 0.279 e. The molecule has 0 radical (unpaired) electrons. The van der Waals surface area contributed by atoms with Gasteiger partial charge >= 0.3 is 0 Å². The number of rotatable bonds is 2. The van der Waals surface area contributed by atoms with Crippen molar-refractivity contribution >= 4 is 38.3 Å². The predicted molar refractivity (Wildman–Crippen MR) is 96.3 cm³/mol. The molecule has 0 fully saturated rings. The van der Waals surface area contributed by atoms with Gasteiger partial charge in [-0.05, 0) is 47.2 Å². The van der Waals surface area contributed by atoms with Gasteiger partial charge in [-0.2, -0.15) is 0 Å². The smallest absolute Gasteiger partial charge is 0.263 e. The lowest BCUT2D eigenvalue weighted by molar-refractivity contribution is 0.616. The summed E-state index contributed by atoms with van der Waals surface area (Å²) in [6, 6.07) is 9.87. The van der Waals surface area contributed by atoms with Crippen molar-refractivity contribution in [1.29, 1.82) is 0 Å². The van der Waals surface area contributed by atoms with Crippen LogP contribution in [-0.4, -0.2) is 4.57 Å². The van der Waals surface area contributed by atoms with Gasteiger partial charge < -0.3 is 0 Å². The number of halogens is 3. The van der Waals surface area contributed by atoms with Crippen molar-refractivity contribution in [2.45, 2.75) is 19.8 Å². The zero-order valence-corrected chi connectivity index (χ0v) is 15.0. The van der Waals surface area contributed by atoms with E-state index >= 15 is 0 Å². The standard InChI is InChI=1S/C18H14BrClFNO/c1-10(2)14-9-22(17-15(20)4-3-5-16(17)21)18(23)12-7-6-11(19)8-13(12)14/h3-10H,1-2H3. The maximum atomic E-state index is 14.3. The Hall–Kier alpha value is -1.65. The Balaban J connectivity index is 2.46. The molecular formula is C18H14BrClFNO. The molecule has 2 nitrogen and oxygen atoms in total. The highest BCUT2D eigenvalue weighted by atomic mass is 79.9. The molecule has 0 saturated heterocycles. The SMILES string of the molecule is CC(C)c1cn(-c2c(F)cccc2Cl)c(=O)c2ccc(Br)cc12. The van der Waals surface area contributed by atoms with E-state index in [4.69, 9.17) is 11.6 Å². The van der Waals surface area contributed by atoms with Crippen LogP contribution >= 0.6 is 27.5 Å². The average Bonchev–Trinajstić information content (AvgIpc) is 2.48. The first-order valence-electron chi connectivity index (χ1n) is 7.19. The molecule has 0 saturated carbocycles. The molecule has 0 amide bonds. The van der Waals surface area contributed by atoms with E-state index < -0.39 is 5.82 Å². The quantitative estimate of drug-likeness (QED) is 0.549. The molecule has 0 aliphatic heterocycles. The molecule has 0 bridgehead atoms. The number of para-hydroxylation sites is 1. The molecule has 1 heterocycles. The van der Waals surface area contributed by atoms with Crippen molar-refractivity contribution in [2.75, 3.05) is 0 Å². The molecule has 2 aromatic carbocycles. The fraction of sp³-hybridized carbons (Fsp3) is 0.167. The first-order chi connectivity index (χ1) is 10.9. The Morgan fingerprint density at radius 2 is 1.91 bits per heavy atom. The number of hydrogen-bond acceptors (Lipinski definition) is 1. The van der Waals surface area contributed by atoms with E-state index in [9.17, 15) is 9.18 Å². The second-order valence-electron chi connectivity index (χ2n) is 5.67. The highest BCUT2D eigenvalue weighted by Crippen LogP contribution is 2.29. The van der Waals surface area contributed by atoms with Crippen molar-refractivity contribution < 1.29 is 4.39 Å². The van der Waals surface area contributed by atoms with Gasteiger partial charge in [0.2, 0.25) is 0 Å². The number of aromatic nitrogens is 1. The Morgan fingerprint density at radius 3 is 2.57 bits per heavy atom. The first kappa shape index (κ1) is 16.2. The molecule has 1 aromatic heterocycles. The third kappa shape index (κ3) is 2.81. The lowest BCUT2D eigenvalue weighted by Crippen LogP contribution is -2.21. The van der Waals surface area contributed by atoms with Crippen LogP contribution in [0.1, 0.15) is 25.3 Å².